The van der Waals surface area contributed by atoms with Crippen LogP contribution in [0.25, 0.3) is 0 Å². The first-order valence-corrected chi connectivity index (χ1v) is 8.94. The standard InChI is InChI=1S/C22H20N2O2/c1-14-7-10-16(11-8-14)22-24-19(17-5-3-4-6-20(17)26-22)13-18(23-24)21-12-9-15(2)25-21/h3-12,19,22H,13H2,1-2H3/t19-,22+/m0/s1. The maximum atomic E-state index is 6.35. The first-order chi connectivity index (χ1) is 12.7. The van der Waals surface area contributed by atoms with Crippen LogP contribution in [0.4, 0.5) is 0 Å². The van der Waals surface area contributed by atoms with Crippen molar-refractivity contribution >= 4 is 5.71 Å². The third-order valence-electron chi connectivity index (χ3n) is 5.09. The van der Waals surface area contributed by atoms with Crippen molar-refractivity contribution in [1.29, 1.82) is 0 Å². The largest absolute Gasteiger partial charge is 0.464 e. The number of hydrogen-bond acceptors (Lipinski definition) is 4. The highest BCUT2D eigenvalue weighted by atomic mass is 16.5. The van der Waals surface area contributed by atoms with Crippen LogP contribution in [0.3, 0.4) is 0 Å². The van der Waals surface area contributed by atoms with Crippen LogP contribution in [0, 0.1) is 13.8 Å². The Morgan fingerprint density at radius 2 is 1.77 bits per heavy atom. The Morgan fingerprint density at radius 1 is 0.962 bits per heavy atom. The molecule has 4 heteroatoms. The Bertz CT molecular complexity index is 987. The quantitative estimate of drug-likeness (QED) is 0.646. The average molecular weight is 344 g/mol. The van der Waals surface area contributed by atoms with Crippen LogP contribution >= 0.6 is 0 Å². The molecular weight excluding hydrogens is 324 g/mol. The zero-order valence-electron chi connectivity index (χ0n) is 14.8. The molecule has 0 aliphatic carbocycles. The second-order valence-corrected chi connectivity index (χ2v) is 6.98. The van der Waals surface area contributed by atoms with E-state index in [0.717, 1.165) is 35.0 Å². The number of nitrogens with zero attached hydrogens (tertiary/aromatic N) is 2. The summed E-state index contributed by atoms with van der Waals surface area (Å²) in [4.78, 5) is 0. The molecule has 130 valence electrons. The molecule has 26 heavy (non-hydrogen) atoms. The highest BCUT2D eigenvalue weighted by molar-refractivity contribution is 5.99. The minimum atomic E-state index is -0.232. The maximum Gasteiger partial charge on any atom is 0.213 e. The van der Waals surface area contributed by atoms with Crippen LogP contribution in [0.2, 0.25) is 0 Å². The second-order valence-electron chi connectivity index (χ2n) is 6.98. The van der Waals surface area contributed by atoms with E-state index in [9.17, 15) is 0 Å². The van der Waals surface area contributed by atoms with Gasteiger partial charge in [-0.2, -0.15) is 5.10 Å². The maximum absolute atomic E-state index is 6.35. The number of hydrazone groups is 1. The lowest BCUT2D eigenvalue weighted by molar-refractivity contribution is -0.0190. The van der Waals surface area contributed by atoms with Gasteiger partial charge in [-0.05, 0) is 32.0 Å². The highest BCUT2D eigenvalue weighted by Crippen LogP contribution is 2.47. The summed E-state index contributed by atoms with van der Waals surface area (Å²) in [5.41, 5.74) is 4.49. The van der Waals surface area contributed by atoms with E-state index in [-0.39, 0.29) is 12.3 Å². The predicted octanol–water partition coefficient (Wildman–Crippen LogP) is 5.14. The summed E-state index contributed by atoms with van der Waals surface area (Å²) in [5, 5.41) is 6.99. The van der Waals surface area contributed by atoms with Gasteiger partial charge < -0.3 is 9.15 Å². The van der Waals surface area contributed by atoms with Crippen molar-refractivity contribution < 1.29 is 9.15 Å². The van der Waals surface area contributed by atoms with Gasteiger partial charge in [-0.3, -0.25) is 0 Å². The highest BCUT2D eigenvalue weighted by Gasteiger charge is 2.41. The first kappa shape index (κ1) is 15.3. The van der Waals surface area contributed by atoms with E-state index in [4.69, 9.17) is 14.3 Å². The normalized spacial score (nSPS) is 21.0. The molecule has 3 aromatic rings. The molecule has 2 aliphatic rings. The number of ether oxygens (including phenoxy) is 1. The molecule has 0 amide bonds. The molecule has 0 saturated carbocycles. The van der Waals surface area contributed by atoms with Crippen molar-refractivity contribution in [1.82, 2.24) is 5.01 Å². The first-order valence-electron chi connectivity index (χ1n) is 8.94. The summed E-state index contributed by atoms with van der Waals surface area (Å²) in [7, 11) is 0. The lowest BCUT2D eigenvalue weighted by Gasteiger charge is -2.38. The van der Waals surface area contributed by atoms with Crippen molar-refractivity contribution in [3.63, 3.8) is 0 Å². The molecule has 0 radical (unpaired) electrons. The molecule has 1 aromatic heterocycles. The van der Waals surface area contributed by atoms with Crippen LogP contribution in [-0.4, -0.2) is 10.7 Å². The van der Waals surface area contributed by atoms with E-state index in [1.165, 1.54) is 11.1 Å². The molecule has 0 fully saturated rings. The molecule has 5 rings (SSSR count). The molecule has 2 aromatic carbocycles. The molecule has 2 atom stereocenters. The monoisotopic (exact) mass is 344 g/mol. The molecule has 2 aliphatic heterocycles. The lowest BCUT2D eigenvalue weighted by Crippen LogP contribution is -2.33. The van der Waals surface area contributed by atoms with Crippen molar-refractivity contribution in [2.75, 3.05) is 0 Å². The number of rotatable bonds is 2. The zero-order valence-corrected chi connectivity index (χ0v) is 14.8. The SMILES string of the molecule is Cc1ccc([C@H]2Oc3ccccc3[C@@H]3CC(c4ccc(C)o4)=NN23)cc1. The van der Waals surface area contributed by atoms with Gasteiger partial charge in [0.15, 0.2) is 0 Å². The van der Waals surface area contributed by atoms with Crippen LogP contribution in [0.5, 0.6) is 5.75 Å². The Labute approximate surface area is 152 Å². The van der Waals surface area contributed by atoms with Gasteiger partial charge in [-0.25, -0.2) is 5.01 Å². The Balaban J connectivity index is 1.59. The summed E-state index contributed by atoms with van der Waals surface area (Å²) in [6, 6.07) is 20.9. The van der Waals surface area contributed by atoms with Crippen molar-refractivity contribution in [2.24, 2.45) is 5.10 Å². The number of benzene rings is 2. The number of furan rings is 1. The van der Waals surface area contributed by atoms with Crippen molar-refractivity contribution in [3.8, 4) is 5.75 Å². The van der Waals surface area contributed by atoms with Crippen LogP contribution in [0.15, 0.2) is 70.2 Å². The van der Waals surface area contributed by atoms with Gasteiger partial charge in [0.25, 0.3) is 0 Å². The van der Waals surface area contributed by atoms with Gasteiger partial charge in [0.2, 0.25) is 6.23 Å². The fourth-order valence-electron chi connectivity index (χ4n) is 3.72. The summed E-state index contributed by atoms with van der Waals surface area (Å²) < 4.78 is 12.2. The van der Waals surface area contributed by atoms with Crippen LogP contribution in [-0.2, 0) is 0 Å². The van der Waals surface area contributed by atoms with E-state index in [0.29, 0.717) is 0 Å². The number of para-hydroxylation sites is 1. The van der Waals surface area contributed by atoms with Gasteiger partial charge in [0.05, 0.1) is 6.04 Å². The molecule has 0 N–H and O–H groups in total. The molecular formula is C22H20N2O2. The number of aryl methyl sites for hydroxylation is 2. The molecule has 4 nitrogen and oxygen atoms in total. The fraction of sp³-hybridized carbons (Fsp3) is 0.227. The summed E-state index contributed by atoms with van der Waals surface area (Å²) in [6.45, 7) is 4.05. The van der Waals surface area contributed by atoms with Gasteiger partial charge in [-0.15, -0.1) is 0 Å². The number of fused-ring (bicyclic) bond motifs is 3. The van der Waals surface area contributed by atoms with E-state index in [1.54, 1.807) is 0 Å². The third kappa shape index (κ3) is 2.41. The smallest absolute Gasteiger partial charge is 0.213 e. The summed E-state index contributed by atoms with van der Waals surface area (Å²) in [6.07, 6.45) is 0.583. The van der Waals surface area contributed by atoms with Crippen LogP contribution < -0.4 is 4.74 Å². The van der Waals surface area contributed by atoms with Crippen molar-refractivity contribution in [3.05, 3.63) is 88.9 Å². The minimum absolute atomic E-state index is 0.159. The Kier molecular flexibility index (Phi) is 3.38. The third-order valence-corrected chi connectivity index (χ3v) is 5.09. The summed E-state index contributed by atoms with van der Waals surface area (Å²) in [5.74, 6) is 2.68. The lowest BCUT2D eigenvalue weighted by atomic mass is 9.97. The Hall–Kier alpha value is -3.01. The predicted molar refractivity (Wildman–Crippen MR) is 100 cm³/mol. The topological polar surface area (TPSA) is 38.0 Å². The van der Waals surface area contributed by atoms with Gasteiger partial charge in [0.1, 0.15) is 23.0 Å². The van der Waals surface area contributed by atoms with E-state index < -0.39 is 0 Å². The molecule has 0 bridgehead atoms. The minimum Gasteiger partial charge on any atom is -0.464 e. The molecule has 0 spiro atoms. The average Bonchev–Trinajstić information content (AvgIpc) is 3.28. The molecule has 0 unspecified atom stereocenters. The number of hydrogen-bond donors (Lipinski definition) is 0. The zero-order chi connectivity index (χ0) is 17.7. The van der Waals surface area contributed by atoms with Crippen molar-refractivity contribution in [2.45, 2.75) is 32.5 Å². The van der Waals surface area contributed by atoms with E-state index >= 15 is 0 Å². The van der Waals surface area contributed by atoms with E-state index in [2.05, 4.69) is 48.3 Å². The fourth-order valence-corrected chi connectivity index (χ4v) is 3.72. The Morgan fingerprint density at radius 3 is 2.54 bits per heavy atom. The second kappa shape index (κ2) is 5.77. The van der Waals surface area contributed by atoms with E-state index in [1.807, 2.05) is 31.2 Å². The van der Waals surface area contributed by atoms with Gasteiger partial charge in [-0.1, -0.05) is 48.0 Å². The molecule has 0 saturated heterocycles. The van der Waals surface area contributed by atoms with Gasteiger partial charge >= 0.3 is 0 Å². The molecule has 3 heterocycles. The van der Waals surface area contributed by atoms with Gasteiger partial charge in [0, 0.05) is 17.5 Å². The summed E-state index contributed by atoms with van der Waals surface area (Å²) >= 11 is 0. The van der Waals surface area contributed by atoms with Crippen LogP contribution in [0.1, 0.15) is 46.9 Å².